The number of carbonyl (C=O) groups excluding carboxylic acids is 2. The molecule has 11 nitrogen and oxygen atoms in total. The van der Waals surface area contributed by atoms with E-state index in [0.717, 1.165) is 12.1 Å². The van der Waals surface area contributed by atoms with Crippen molar-refractivity contribution < 1.29 is 47.2 Å². The topological polar surface area (TPSA) is 163 Å². The number of hydrogen-bond donors (Lipinski definition) is 1. The van der Waals surface area contributed by atoms with E-state index >= 15 is 0 Å². The van der Waals surface area contributed by atoms with Gasteiger partial charge in [0.15, 0.2) is 23.0 Å². The summed E-state index contributed by atoms with van der Waals surface area (Å²) in [4.78, 5) is 21.8. The van der Waals surface area contributed by atoms with Crippen LogP contribution in [0.25, 0.3) is 6.08 Å². The van der Waals surface area contributed by atoms with E-state index in [1.807, 2.05) is 0 Å². The van der Waals surface area contributed by atoms with Crippen molar-refractivity contribution in [1.82, 2.24) is 4.72 Å². The van der Waals surface area contributed by atoms with Gasteiger partial charge in [-0.2, -0.15) is 0 Å². The fraction of sp³-hybridized carbons (Fsp3) is 0.273. The van der Waals surface area contributed by atoms with Crippen molar-refractivity contribution in [2.75, 3.05) is 28.4 Å². The molecule has 2 aromatic rings. The Bertz CT molecular complexity index is 1190. The van der Waals surface area contributed by atoms with Crippen molar-refractivity contribution in [3.63, 3.8) is 0 Å². The van der Waals surface area contributed by atoms with E-state index in [2.05, 4.69) is 4.72 Å². The van der Waals surface area contributed by atoms with E-state index in [4.69, 9.17) is 18.9 Å². The number of carboxylic acid groups (broad SMARTS) is 2. The van der Waals surface area contributed by atoms with Crippen LogP contribution < -0.4 is 33.9 Å². The van der Waals surface area contributed by atoms with Gasteiger partial charge in [-0.05, 0) is 41.5 Å². The fourth-order valence-corrected chi connectivity index (χ4v) is 4.56. The molecule has 0 fully saturated rings. The molecule has 184 valence electrons. The van der Waals surface area contributed by atoms with Crippen LogP contribution in [0.1, 0.15) is 23.6 Å². The highest BCUT2D eigenvalue weighted by Gasteiger charge is 2.28. The predicted molar refractivity (Wildman–Crippen MR) is 116 cm³/mol. The largest absolute Gasteiger partial charge is 0.550 e. The molecule has 0 heterocycles. The maximum absolute atomic E-state index is 13.3. The third kappa shape index (κ3) is 6.39. The lowest BCUT2D eigenvalue weighted by molar-refractivity contribution is -0.306. The zero-order chi connectivity index (χ0) is 25.5. The number of hydrogen-bond acceptors (Lipinski definition) is 10. The van der Waals surface area contributed by atoms with E-state index in [1.54, 1.807) is 0 Å². The summed E-state index contributed by atoms with van der Waals surface area (Å²) in [6.07, 6.45) is 1.13. The minimum Gasteiger partial charge on any atom is -0.550 e. The van der Waals surface area contributed by atoms with Crippen LogP contribution in [-0.2, 0) is 19.6 Å². The molecule has 1 atom stereocenters. The molecule has 0 radical (unpaired) electrons. The molecule has 0 aromatic heterocycles. The lowest BCUT2D eigenvalue weighted by Gasteiger charge is -2.22. The Hall–Kier alpha value is -3.77. The van der Waals surface area contributed by atoms with Crippen molar-refractivity contribution in [2.45, 2.75) is 17.4 Å². The Kier molecular flexibility index (Phi) is 8.87. The molecule has 0 amide bonds. The minimum atomic E-state index is -4.44. The average Bonchev–Trinajstić information content (AvgIpc) is 2.80. The molecule has 0 bridgehead atoms. The number of carboxylic acids is 2. The first-order valence-corrected chi connectivity index (χ1v) is 11.1. The van der Waals surface area contributed by atoms with Crippen LogP contribution in [0.4, 0.5) is 0 Å². The lowest BCUT2D eigenvalue weighted by Crippen LogP contribution is -2.34. The predicted octanol–water partition coefficient (Wildman–Crippen LogP) is -0.356. The Morgan fingerprint density at radius 1 is 0.941 bits per heavy atom. The molecule has 0 aliphatic rings. The first-order chi connectivity index (χ1) is 16.1. The third-order valence-electron chi connectivity index (χ3n) is 4.65. The van der Waals surface area contributed by atoms with Crippen LogP contribution in [0.5, 0.6) is 23.0 Å². The Morgan fingerprint density at radius 2 is 1.59 bits per heavy atom. The van der Waals surface area contributed by atoms with Gasteiger partial charge in [-0.3, -0.25) is 0 Å². The second kappa shape index (κ2) is 11.4. The van der Waals surface area contributed by atoms with Gasteiger partial charge >= 0.3 is 0 Å². The molecule has 0 spiro atoms. The SMILES string of the molecule is COc1ccc([C@@H](CC(=O)[O-])NS(=O)(=O)c2cc(/C=C/C(=O)[O-])cc(OC)c2OC)cc1OC. The molecular weight excluding hydrogens is 470 g/mol. The van der Waals surface area contributed by atoms with Crippen molar-refractivity contribution in [1.29, 1.82) is 0 Å². The molecule has 2 rings (SSSR count). The number of sulfonamides is 1. The standard InChI is InChI=1S/C22H25NO10S/c1-30-16-7-6-14(11-17(16)31-2)15(12-21(26)27)23-34(28,29)19-10-13(5-8-20(24)25)9-18(32-3)22(19)33-4/h5-11,15,23H,12H2,1-4H3,(H,24,25)(H,26,27)/p-2/b8-5+/t15-/m1/s1. The van der Waals surface area contributed by atoms with Crippen LogP contribution in [0.3, 0.4) is 0 Å². The number of aliphatic carboxylic acids is 2. The number of ether oxygens (including phenoxy) is 4. The zero-order valence-electron chi connectivity index (χ0n) is 18.8. The van der Waals surface area contributed by atoms with Gasteiger partial charge in [-0.15, -0.1) is 0 Å². The first kappa shape index (κ1) is 26.5. The van der Waals surface area contributed by atoms with E-state index in [0.29, 0.717) is 11.8 Å². The molecule has 0 saturated carbocycles. The van der Waals surface area contributed by atoms with E-state index in [-0.39, 0.29) is 28.4 Å². The number of benzene rings is 2. The third-order valence-corrected chi connectivity index (χ3v) is 6.12. The van der Waals surface area contributed by atoms with Gasteiger partial charge in [0, 0.05) is 12.4 Å². The molecule has 12 heteroatoms. The summed E-state index contributed by atoms with van der Waals surface area (Å²) in [6.45, 7) is 0. The number of methoxy groups -OCH3 is 4. The normalized spacial score (nSPS) is 12.2. The van der Waals surface area contributed by atoms with Gasteiger partial charge in [0.1, 0.15) is 4.90 Å². The minimum absolute atomic E-state index is 0.00550. The summed E-state index contributed by atoms with van der Waals surface area (Å²) in [6, 6.07) is 5.67. The highest BCUT2D eigenvalue weighted by molar-refractivity contribution is 7.89. The van der Waals surface area contributed by atoms with Gasteiger partial charge in [-0.25, -0.2) is 13.1 Å². The summed E-state index contributed by atoms with van der Waals surface area (Å²) >= 11 is 0. The average molecular weight is 493 g/mol. The fourth-order valence-electron chi connectivity index (χ4n) is 3.12. The highest BCUT2D eigenvalue weighted by Crippen LogP contribution is 2.37. The Morgan fingerprint density at radius 3 is 2.12 bits per heavy atom. The van der Waals surface area contributed by atoms with Crippen LogP contribution in [0, 0.1) is 0 Å². The second-order valence-corrected chi connectivity index (χ2v) is 8.45. The van der Waals surface area contributed by atoms with E-state index < -0.39 is 39.3 Å². The van der Waals surface area contributed by atoms with Crippen molar-refractivity contribution in [3.05, 3.63) is 47.5 Å². The van der Waals surface area contributed by atoms with Crippen molar-refractivity contribution in [3.8, 4) is 23.0 Å². The van der Waals surface area contributed by atoms with Crippen LogP contribution >= 0.6 is 0 Å². The van der Waals surface area contributed by atoms with E-state index in [9.17, 15) is 28.2 Å². The van der Waals surface area contributed by atoms with Crippen LogP contribution in [0.2, 0.25) is 0 Å². The van der Waals surface area contributed by atoms with Gasteiger partial charge in [0.25, 0.3) is 0 Å². The maximum Gasteiger partial charge on any atom is 0.244 e. The van der Waals surface area contributed by atoms with Crippen LogP contribution in [-0.4, -0.2) is 48.8 Å². The number of carbonyl (C=O) groups is 2. The first-order valence-electron chi connectivity index (χ1n) is 9.65. The second-order valence-electron chi connectivity index (χ2n) is 6.77. The van der Waals surface area contributed by atoms with Crippen molar-refractivity contribution in [2.24, 2.45) is 0 Å². The summed E-state index contributed by atoms with van der Waals surface area (Å²) in [5.74, 6) is -2.53. The molecule has 0 aliphatic heterocycles. The quantitative estimate of drug-likeness (QED) is 0.386. The molecule has 2 aromatic carbocycles. The van der Waals surface area contributed by atoms with E-state index in [1.165, 1.54) is 52.7 Å². The van der Waals surface area contributed by atoms with Gasteiger partial charge in [0.2, 0.25) is 10.0 Å². The zero-order valence-corrected chi connectivity index (χ0v) is 19.6. The Labute approximate surface area is 196 Å². The molecule has 0 saturated heterocycles. The molecule has 0 unspecified atom stereocenters. The summed E-state index contributed by atoms with van der Waals surface area (Å²) < 4.78 is 49.8. The number of rotatable bonds is 12. The van der Waals surface area contributed by atoms with Crippen molar-refractivity contribution >= 4 is 28.0 Å². The Balaban J connectivity index is 2.61. The smallest absolute Gasteiger partial charge is 0.244 e. The monoisotopic (exact) mass is 493 g/mol. The van der Waals surface area contributed by atoms with Gasteiger partial charge < -0.3 is 38.7 Å². The van der Waals surface area contributed by atoms with Crippen LogP contribution in [0.15, 0.2) is 41.3 Å². The van der Waals surface area contributed by atoms with Gasteiger partial charge in [0.05, 0.1) is 40.5 Å². The highest BCUT2D eigenvalue weighted by atomic mass is 32.2. The van der Waals surface area contributed by atoms with Gasteiger partial charge in [-0.1, -0.05) is 12.1 Å². The molecule has 1 N–H and O–H groups in total. The number of nitrogens with one attached hydrogen (secondary N) is 1. The lowest BCUT2D eigenvalue weighted by atomic mass is 10.0. The molecule has 0 aliphatic carbocycles. The summed E-state index contributed by atoms with van der Waals surface area (Å²) in [5.41, 5.74) is 0.425. The molecule has 34 heavy (non-hydrogen) atoms. The molecular formula is C22H23NO10S-2. The maximum atomic E-state index is 13.3. The summed E-state index contributed by atoms with van der Waals surface area (Å²) in [7, 11) is 0.851. The summed E-state index contributed by atoms with van der Waals surface area (Å²) in [5, 5.41) is 22.2.